The third-order valence-electron chi connectivity index (χ3n) is 6.53. The van der Waals surface area contributed by atoms with Crippen LogP contribution in [0.2, 0.25) is 5.02 Å². The minimum Gasteiger partial charge on any atom is -0.386 e. The predicted octanol–water partition coefficient (Wildman–Crippen LogP) is 3.23. The lowest BCUT2D eigenvalue weighted by Crippen LogP contribution is -2.68. The Morgan fingerprint density at radius 1 is 1.32 bits per heavy atom. The van der Waals surface area contributed by atoms with E-state index >= 15 is 4.39 Å². The van der Waals surface area contributed by atoms with E-state index in [1.165, 1.54) is 37.4 Å². The highest BCUT2D eigenvalue weighted by Gasteiger charge is 2.64. The number of aliphatic imine (C=N–C) groups is 1. The second-order valence-electron chi connectivity index (χ2n) is 9.24. The average Bonchev–Trinajstić information content (AvgIpc) is 2.74. The largest absolute Gasteiger partial charge is 0.386 e. The normalized spacial score (nSPS) is 37.8. The van der Waals surface area contributed by atoms with Crippen molar-refractivity contribution in [3.63, 3.8) is 0 Å². The summed E-state index contributed by atoms with van der Waals surface area (Å²) < 4.78 is 58.0. The molecule has 3 aliphatic heterocycles. The molecule has 1 amide bonds. The molecule has 2 unspecified atom stereocenters. The maximum Gasteiger partial charge on any atom is 0.278 e. The van der Waals surface area contributed by atoms with Crippen LogP contribution in [0.4, 0.5) is 13.2 Å². The number of carbonyl (C=O) groups excluding carboxylic acids is 1. The van der Waals surface area contributed by atoms with Gasteiger partial charge in [-0.25, -0.2) is 13.8 Å². The van der Waals surface area contributed by atoms with Gasteiger partial charge >= 0.3 is 0 Å². The number of amidine groups is 1. The molecular formula is C21H26ClF3N6O2S. The fourth-order valence-corrected chi connectivity index (χ4v) is 7.87. The molecule has 4 rings (SSSR count). The van der Waals surface area contributed by atoms with Gasteiger partial charge in [0.05, 0.1) is 21.6 Å². The van der Waals surface area contributed by atoms with Crippen molar-refractivity contribution in [3.8, 4) is 0 Å². The van der Waals surface area contributed by atoms with E-state index in [1.54, 1.807) is 13.8 Å². The summed E-state index contributed by atoms with van der Waals surface area (Å²) >= 11 is 5.78. The minimum absolute atomic E-state index is 0.0533. The molecule has 4 atom stereocenters. The van der Waals surface area contributed by atoms with Gasteiger partial charge in [-0.2, -0.15) is 4.39 Å². The number of hydrogen-bond acceptors (Lipinski definition) is 7. The molecule has 0 spiro atoms. The summed E-state index contributed by atoms with van der Waals surface area (Å²) in [5.41, 5.74) is 4.69. The second kappa shape index (κ2) is 7.87. The van der Waals surface area contributed by atoms with Crippen molar-refractivity contribution in [2.24, 2.45) is 10.7 Å². The van der Waals surface area contributed by atoms with E-state index in [4.69, 9.17) is 17.3 Å². The van der Waals surface area contributed by atoms with Crippen LogP contribution in [-0.2, 0) is 0 Å². The fourth-order valence-electron chi connectivity index (χ4n) is 4.36. The summed E-state index contributed by atoms with van der Waals surface area (Å²) in [7, 11) is -2.97. The first kappa shape index (κ1) is 24.8. The molecule has 1 saturated heterocycles. The number of nitrogens with zero attached hydrogens (tertiary/aromatic N) is 2. The van der Waals surface area contributed by atoms with Gasteiger partial charge in [-0.1, -0.05) is 28.2 Å². The van der Waals surface area contributed by atoms with Gasteiger partial charge in [0.1, 0.15) is 17.1 Å². The first-order valence-corrected chi connectivity index (χ1v) is 12.5. The maximum absolute atomic E-state index is 15.8. The van der Waals surface area contributed by atoms with Crippen LogP contribution in [0.1, 0.15) is 37.7 Å². The van der Waals surface area contributed by atoms with Gasteiger partial charge in [0.25, 0.3) is 17.7 Å². The summed E-state index contributed by atoms with van der Waals surface area (Å²) in [6, 6.07) is 2.77. The Balaban J connectivity index is 1.68. The number of aromatic nitrogens is 1. The maximum atomic E-state index is 15.8. The van der Waals surface area contributed by atoms with Crippen molar-refractivity contribution >= 4 is 33.8 Å². The van der Waals surface area contributed by atoms with Gasteiger partial charge in [-0.3, -0.25) is 19.8 Å². The van der Waals surface area contributed by atoms with Crippen LogP contribution in [0.3, 0.4) is 0 Å². The Kier molecular flexibility index (Phi) is 5.75. The van der Waals surface area contributed by atoms with Gasteiger partial charge in [0, 0.05) is 18.3 Å². The fraction of sp³-hybridized carbons (Fsp3) is 0.476. The number of nitrogens with one attached hydrogen (secondary N) is 3. The van der Waals surface area contributed by atoms with Crippen molar-refractivity contribution in [1.82, 2.24) is 20.3 Å². The molecule has 34 heavy (non-hydrogen) atoms. The average molecular weight is 519 g/mol. The van der Waals surface area contributed by atoms with Crippen molar-refractivity contribution in [2.75, 3.05) is 6.54 Å². The molecule has 0 aromatic carbocycles. The summed E-state index contributed by atoms with van der Waals surface area (Å²) in [4.78, 5) is 20.9. The number of nitrogens with two attached hydrogens (primary N) is 1. The number of fused-ring (bicyclic) bond motifs is 1. The quantitative estimate of drug-likeness (QED) is 0.391. The summed E-state index contributed by atoms with van der Waals surface area (Å²) in [5, 5.41) is 3.97. The molecule has 3 aliphatic rings. The minimum atomic E-state index is -3.12. The number of pyridine rings is 1. The molecule has 6 N–H and O–H groups in total. The molecule has 8 nitrogen and oxygen atoms in total. The van der Waals surface area contributed by atoms with Gasteiger partial charge in [-0.15, -0.1) is 0 Å². The number of halogens is 4. The smallest absolute Gasteiger partial charge is 0.278 e. The van der Waals surface area contributed by atoms with E-state index in [0.29, 0.717) is 5.02 Å². The molecule has 1 fully saturated rings. The number of amides is 1. The Hall–Kier alpha value is -2.28. The Labute approximate surface area is 201 Å². The van der Waals surface area contributed by atoms with Gasteiger partial charge < -0.3 is 15.6 Å². The van der Waals surface area contributed by atoms with Crippen LogP contribution in [0.15, 0.2) is 47.2 Å². The van der Waals surface area contributed by atoms with E-state index in [-0.39, 0.29) is 17.2 Å². The van der Waals surface area contributed by atoms with E-state index in [2.05, 4.69) is 25.3 Å². The molecule has 0 saturated carbocycles. The molecule has 13 heteroatoms. The SMILES string of the molecule is CC1(C)C(N)=N[C@](C)(C2=CC=CC(F)(NC(=O)c3ccc(Cl)cn3)N2)[C@H]2CC(F)(F)CNS21O. The molecule has 1 aromatic rings. The van der Waals surface area contributed by atoms with Crippen molar-refractivity contribution in [2.45, 2.75) is 54.6 Å². The molecular weight excluding hydrogens is 493 g/mol. The number of allylic oxidation sites excluding steroid dienone is 2. The summed E-state index contributed by atoms with van der Waals surface area (Å²) in [6.07, 6.45) is 4.43. The summed E-state index contributed by atoms with van der Waals surface area (Å²) in [5.74, 6) is -6.48. The Morgan fingerprint density at radius 2 is 2.03 bits per heavy atom. The van der Waals surface area contributed by atoms with Gasteiger partial charge in [0.2, 0.25) is 0 Å². The zero-order valence-electron chi connectivity index (χ0n) is 18.7. The third-order valence-corrected chi connectivity index (χ3v) is 10.5. The summed E-state index contributed by atoms with van der Waals surface area (Å²) in [6.45, 7) is 4.10. The lowest BCUT2D eigenvalue weighted by molar-refractivity contribution is -0.0134. The highest BCUT2D eigenvalue weighted by atomic mass is 35.5. The Bertz CT molecular complexity index is 1110. The highest BCUT2D eigenvalue weighted by molar-refractivity contribution is 8.29. The number of rotatable bonds is 3. The van der Waals surface area contributed by atoms with Crippen LogP contribution in [0.5, 0.6) is 0 Å². The monoisotopic (exact) mass is 518 g/mol. The molecule has 186 valence electrons. The van der Waals surface area contributed by atoms with Crippen LogP contribution in [-0.4, -0.2) is 55.2 Å². The number of dihydropyridines is 1. The predicted molar refractivity (Wildman–Crippen MR) is 127 cm³/mol. The van der Waals surface area contributed by atoms with E-state index in [0.717, 1.165) is 6.08 Å². The zero-order chi connectivity index (χ0) is 25.2. The zero-order valence-corrected chi connectivity index (χ0v) is 20.3. The standard InChI is InChI=1S/C21H26ClF3N6O2S/c1-18(2)17(26)31-19(3,15-9-20(23,24)11-28-34(15,18)33)14-5-4-8-21(25,29-14)30-16(32)13-7-6-12(22)10-27-13/h4-8,10,15,28-29,33H,9,11H2,1-3H3,(H2,26,31)(H,30,32)/t15-,19-,21?/m1/s1. The van der Waals surface area contributed by atoms with Crippen LogP contribution in [0.25, 0.3) is 0 Å². The highest BCUT2D eigenvalue weighted by Crippen LogP contribution is 2.67. The van der Waals surface area contributed by atoms with E-state index in [1.807, 2.05) is 0 Å². The van der Waals surface area contributed by atoms with Crippen molar-refractivity contribution in [3.05, 3.63) is 53.0 Å². The first-order valence-electron chi connectivity index (χ1n) is 10.5. The molecule has 1 aromatic heterocycles. The van der Waals surface area contributed by atoms with Crippen LogP contribution < -0.4 is 21.1 Å². The first-order chi connectivity index (χ1) is 15.6. The van der Waals surface area contributed by atoms with Crippen molar-refractivity contribution < 1.29 is 22.5 Å². The second-order valence-corrected chi connectivity index (χ2v) is 12.8. The van der Waals surface area contributed by atoms with Gasteiger partial charge in [0.15, 0.2) is 0 Å². The molecule has 0 aliphatic carbocycles. The van der Waals surface area contributed by atoms with Crippen LogP contribution >= 0.6 is 22.1 Å². The number of hydrogen-bond donors (Lipinski definition) is 5. The molecule has 4 heterocycles. The van der Waals surface area contributed by atoms with Gasteiger partial charge in [-0.05, 0) is 45.1 Å². The lowest BCUT2D eigenvalue weighted by atomic mass is 9.87. The van der Waals surface area contributed by atoms with Crippen LogP contribution in [0, 0.1) is 0 Å². The number of carbonyl (C=O) groups is 1. The molecule has 0 radical (unpaired) electrons. The Morgan fingerprint density at radius 3 is 2.68 bits per heavy atom. The topological polar surface area (TPSA) is 125 Å². The lowest BCUT2D eigenvalue weighted by Gasteiger charge is -2.62. The van der Waals surface area contributed by atoms with Crippen molar-refractivity contribution in [1.29, 1.82) is 0 Å². The van der Waals surface area contributed by atoms with E-state index < -0.39 is 56.7 Å². The third kappa shape index (κ3) is 3.96. The number of alkyl halides is 3. The van der Waals surface area contributed by atoms with E-state index in [9.17, 15) is 18.1 Å². The molecule has 0 bridgehead atoms.